The third-order valence-corrected chi connectivity index (χ3v) is 3.69. The molecule has 1 unspecified atom stereocenters. The first-order valence-corrected chi connectivity index (χ1v) is 5.58. The molecule has 1 rings (SSSR count). The van der Waals surface area contributed by atoms with E-state index in [9.17, 15) is 9.46 Å². The standard InChI is InChI=1S/C8H12NO2P/c1-2-12(10,11)8-5-3-7(9)4-6-8/h3-6H,2,9H2,1H3,(H,10,11). The molecule has 0 bridgehead atoms. The third kappa shape index (κ3) is 1.87. The highest BCUT2D eigenvalue weighted by Gasteiger charge is 2.17. The Morgan fingerprint density at radius 1 is 1.42 bits per heavy atom. The highest BCUT2D eigenvalue weighted by Crippen LogP contribution is 2.38. The number of nitrogen functional groups attached to an aromatic ring is 1. The Bertz CT molecular complexity index is 307. The van der Waals surface area contributed by atoms with Gasteiger partial charge in [0, 0.05) is 17.2 Å². The molecule has 12 heavy (non-hydrogen) atoms. The second-order valence-electron chi connectivity index (χ2n) is 2.61. The molecule has 0 heterocycles. The molecular weight excluding hydrogens is 173 g/mol. The van der Waals surface area contributed by atoms with Crippen molar-refractivity contribution in [2.75, 3.05) is 11.9 Å². The fourth-order valence-electron chi connectivity index (χ4n) is 0.890. The van der Waals surface area contributed by atoms with Gasteiger partial charge in [0.25, 0.3) is 0 Å². The minimum absolute atomic E-state index is 0.261. The lowest BCUT2D eigenvalue weighted by atomic mass is 10.3. The van der Waals surface area contributed by atoms with Crippen molar-refractivity contribution < 1.29 is 9.46 Å². The molecule has 0 saturated carbocycles. The zero-order chi connectivity index (χ0) is 9.19. The van der Waals surface area contributed by atoms with Gasteiger partial charge >= 0.3 is 0 Å². The van der Waals surface area contributed by atoms with E-state index >= 15 is 0 Å². The Labute approximate surface area is 71.7 Å². The average molecular weight is 185 g/mol. The van der Waals surface area contributed by atoms with Gasteiger partial charge in [-0.05, 0) is 24.3 Å². The van der Waals surface area contributed by atoms with Crippen LogP contribution in [0, 0.1) is 0 Å². The molecule has 1 atom stereocenters. The number of anilines is 1. The SMILES string of the molecule is CCP(=O)(O)c1ccc(N)cc1. The highest BCUT2D eigenvalue weighted by molar-refractivity contribution is 7.66. The quantitative estimate of drug-likeness (QED) is 0.537. The molecule has 66 valence electrons. The van der Waals surface area contributed by atoms with Crippen LogP contribution in [0.2, 0.25) is 0 Å². The molecule has 0 saturated heterocycles. The molecule has 4 heteroatoms. The summed E-state index contributed by atoms with van der Waals surface area (Å²) in [6.07, 6.45) is 0.261. The lowest BCUT2D eigenvalue weighted by Gasteiger charge is -2.08. The first-order chi connectivity index (χ1) is 5.56. The van der Waals surface area contributed by atoms with Crippen LogP contribution in [0.25, 0.3) is 0 Å². The van der Waals surface area contributed by atoms with E-state index in [-0.39, 0.29) is 6.16 Å². The second-order valence-corrected chi connectivity index (χ2v) is 5.16. The number of hydrogen-bond donors (Lipinski definition) is 2. The van der Waals surface area contributed by atoms with Crippen LogP contribution in [-0.2, 0) is 4.57 Å². The maximum Gasteiger partial charge on any atom is 0.229 e. The molecule has 1 aromatic carbocycles. The van der Waals surface area contributed by atoms with Crippen molar-refractivity contribution in [1.29, 1.82) is 0 Å². The van der Waals surface area contributed by atoms with E-state index < -0.39 is 7.37 Å². The number of rotatable bonds is 2. The Hall–Kier alpha value is -0.790. The summed E-state index contributed by atoms with van der Waals surface area (Å²) >= 11 is 0. The number of hydrogen-bond acceptors (Lipinski definition) is 2. The molecule has 0 aliphatic rings. The van der Waals surface area contributed by atoms with Crippen molar-refractivity contribution in [3.05, 3.63) is 24.3 Å². The van der Waals surface area contributed by atoms with Crippen LogP contribution >= 0.6 is 7.37 Å². The summed E-state index contributed by atoms with van der Waals surface area (Å²) in [5.41, 5.74) is 6.05. The smallest absolute Gasteiger partial charge is 0.229 e. The Balaban J connectivity index is 3.05. The molecule has 0 amide bonds. The molecule has 0 fully saturated rings. The maximum absolute atomic E-state index is 11.4. The Morgan fingerprint density at radius 3 is 2.33 bits per heavy atom. The molecule has 0 radical (unpaired) electrons. The summed E-state index contributed by atoms with van der Waals surface area (Å²) in [5, 5.41) is 0.471. The fraction of sp³-hybridized carbons (Fsp3) is 0.250. The van der Waals surface area contributed by atoms with E-state index in [0.717, 1.165) is 0 Å². The summed E-state index contributed by atoms with van der Waals surface area (Å²) in [7, 11) is -3.10. The maximum atomic E-state index is 11.4. The molecular formula is C8H12NO2P. The summed E-state index contributed by atoms with van der Waals surface area (Å²) in [4.78, 5) is 9.40. The van der Waals surface area contributed by atoms with Crippen LogP contribution in [0.4, 0.5) is 5.69 Å². The first-order valence-electron chi connectivity index (χ1n) is 3.74. The van der Waals surface area contributed by atoms with Gasteiger partial charge in [0.2, 0.25) is 7.37 Å². The monoisotopic (exact) mass is 185 g/mol. The molecule has 0 aromatic heterocycles. The fourth-order valence-corrected chi connectivity index (χ4v) is 1.87. The Morgan fingerprint density at radius 2 is 1.92 bits per heavy atom. The lowest BCUT2D eigenvalue weighted by molar-refractivity contribution is 0.491. The minimum atomic E-state index is -3.10. The van der Waals surface area contributed by atoms with E-state index in [0.29, 0.717) is 11.0 Å². The number of benzene rings is 1. The lowest BCUT2D eigenvalue weighted by Crippen LogP contribution is -2.05. The zero-order valence-corrected chi connectivity index (χ0v) is 7.79. The molecule has 0 aliphatic heterocycles. The van der Waals surface area contributed by atoms with Gasteiger partial charge in [0.1, 0.15) is 0 Å². The second kappa shape index (κ2) is 3.30. The summed E-state index contributed by atoms with van der Waals surface area (Å²) in [6.45, 7) is 1.69. The topological polar surface area (TPSA) is 63.3 Å². The number of nitrogens with two attached hydrogens (primary N) is 1. The minimum Gasteiger partial charge on any atom is -0.399 e. The van der Waals surface area contributed by atoms with E-state index in [2.05, 4.69) is 0 Å². The average Bonchev–Trinajstić information content (AvgIpc) is 2.05. The van der Waals surface area contributed by atoms with Crippen LogP contribution < -0.4 is 11.0 Å². The molecule has 3 N–H and O–H groups in total. The predicted octanol–water partition coefficient (Wildman–Crippen LogP) is 1.18. The van der Waals surface area contributed by atoms with Crippen LogP contribution in [0.3, 0.4) is 0 Å². The largest absolute Gasteiger partial charge is 0.399 e. The van der Waals surface area contributed by atoms with Crippen molar-refractivity contribution in [1.82, 2.24) is 0 Å². The van der Waals surface area contributed by atoms with Gasteiger partial charge in [0.05, 0.1) is 0 Å². The molecule has 0 aliphatic carbocycles. The molecule has 0 spiro atoms. The highest BCUT2D eigenvalue weighted by atomic mass is 31.2. The van der Waals surface area contributed by atoms with Gasteiger partial charge in [-0.25, -0.2) is 0 Å². The zero-order valence-electron chi connectivity index (χ0n) is 6.90. The van der Waals surface area contributed by atoms with Crippen molar-refractivity contribution in [2.45, 2.75) is 6.92 Å². The van der Waals surface area contributed by atoms with Crippen molar-refractivity contribution >= 4 is 18.4 Å². The van der Waals surface area contributed by atoms with E-state index in [1.807, 2.05) is 0 Å². The van der Waals surface area contributed by atoms with Crippen molar-refractivity contribution in [3.63, 3.8) is 0 Å². The van der Waals surface area contributed by atoms with Gasteiger partial charge in [0.15, 0.2) is 0 Å². The van der Waals surface area contributed by atoms with Crippen molar-refractivity contribution in [3.8, 4) is 0 Å². The van der Waals surface area contributed by atoms with E-state index in [1.54, 1.807) is 31.2 Å². The normalized spacial score (nSPS) is 15.5. The molecule has 1 aromatic rings. The van der Waals surface area contributed by atoms with Crippen LogP contribution in [0.5, 0.6) is 0 Å². The first kappa shape index (κ1) is 9.30. The van der Waals surface area contributed by atoms with Crippen LogP contribution in [0.15, 0.2) is 24.3 Å². The van der Waals surface area contributed by atoms with Gasteiger partial charge in [-0.2, -0.15) is 0 Å². The van der Waals surface area contributed by atoms with Gasteiger partial charge in [-0.3, -0.25) is 4.57 Å². The van der Waals surface area contributed by atoms with E-state index in [4.69, 9.17) is 5.73 Å². The van der Waals surface area contributed by atoms with Crippen molar-refractivity contribution in [2.24, 2.45) is 0 Å². The molecule has 3 nitrogen and oxygen atoms in total. The predicted molar refractivity (Wildman–Crippen MR) is 50.9 cm³/mol. The van der Waals surface area contributed by atoms with Gasteiger partial charge in [-0.1, -0.05) is 6.92 Å². The van der Waals surface area contributed by atoms with Gasteiger partial charge < -0.3 is 10.6 Å². The van der Waals surface area contributed by atoms with Gasteiger partial charge in [-0.15, -0.1) is 0 Å². The summed E-state index contributed by atoms with van der Waals surface area (Å²) < 4.78 is 11.4. The summed E-state index contributed by atoms with van der Waals surface area (Å²) in [5.74, 6) is 0. The summed E-state index contributed by atoms with van der Waals surface area (Å²) in [6, 6.07) is 6.46. The Kier molecular flexibility index (Phi) is 2.55. The van der Waals surface area contributed by atoms with Crippen LogP contribution in [0.1, 0.15) is 6.92 Å². The third-order valence-electron chi connectivity index (χ3n) is 1.73. The van der Waals surface area contributed by atoms with E-state index in [1.165, 1.54) is 0 Å². The van der Waals surface area contributed by atoms with Crippen LogP contribution in [-0.4, -0.2) is 11.1 Å².